The molecule has 2 aliphatic carbocycles. The van der Waals surface area contributed by atoms with Crippen LogP contribution in [0.5, 0.6) is 5.75 Å². The Balaban J connectivity index is 1.87. The number of hydrogen-bond donors (Lipinski definition) is 0. The van der Waals surface area contributed by atoms with E-state index in [1.54, 1.807) is 5.56 Å². The first-order chi connectivity index (χ1) is 13.7. The summed E-state index contributed by atoms with van der Waals surface area (Å²) < 4.78 is 5.93. The second-order valence-corrected chi connectivity index (χ2v) is 9.14. The standard InChI is InChI=1S/C27H40O/c1-4-10-22-12-14-24(15-13-22)27(18-8-7-9-19-27)25-16-17-26(28-20-6-3)23(21-25)11-5-2/h5-6,16-17,21-22,24H,2-4,7-15,18-20H2,1H3. The molecule has 1 aromatic carbocycles. The van der Waals surface area contributed by atoms with Gasteiger partial charge in [-0.3, -0.25) is 0 Å². The van der Waals surface area contributed by atoms with Gasteiger partial charge in [0.15, 0.2) is 0 Å². The van der Waals surface area contributed by atoms with Crippen molar-refractivity contribution in [2.45, 2.75) is 89.4 Å². The Kier molecular flexibility index (Phi) is 7.82. The topological polar surface area (TPSA) is 9.23 Å². The normalized spacial score (nSPS) is 24.5. The van der Waals surface area contributed by atoms with Gasteiger partial charge in [-0.2, -0.15) is 0 Å². The van der Waals surface area contributed by atoms with Gasteiger partial charge in [0.05, 0.1) is 0 Å². The molecule has 2 saturated carbocycles. The molecule has 1 nitrogen and oxygen atoms in total. The lowest BCUT2D eigenvalue weighted by Crippen LogP contribution is -2.39. The molecule has 1 heteroatoms. The minimum Gasteiger partial charge on any atom is -0.489 e. The minimum absolute atomic E-state index is 0.391. The molecule has 0 saturated heterocycles. The lowest BCUT2D eigenvalue weighted by molar-refractivity contribution is 0.125. The third-order valence-electron chi connectivity index (χ3n) is 7.43. The van der Waals surface area contributed by atoms with Crippen LogP contribution in [0.1, 0.15) is 88.7 Å². The van der Waals surface area contributed by atoms with E-state index in [0.717, 1.165) is 24.0 Å². The maximum atomic E-state index is 5.93. The Morgan fingerprint density at radius 1 is 1.04 bits per heavy atom. The van der Waals surface area contributed by atoms with Crippen LogP contribution in [0.15, 0.2) is 43.5 Å². The van der Waals surface area contributed by atoms with Crippen molar-refractivity contribution in [3.05, 3.63) is 54.6 Å². The molecular formula is C27H40O. The molecular weight excluding hydrogens is 340 g/mol. The Morgan fingerprint density at radius 2 is 1.79 bits per heavy atom. The summed E-state index contributed by atoms with van der Waals surface area (Å²) in [4.78, 5) is 0. The lowest BCUT2D eigenvalue weighted by Gasteiger charge is -2.47. The highest BCUT2D eigenvalue weighted by Crippen LogP contribution is 2.51. The molecule has 2 aliphatic rings. The number of benzene rings is 1. The molecule has 0 bridgehead atoms. The molecule has 0 aromatic heterocycles. The van der Waals surface area contributed by atoms with Crippen LogP contribution in [-0.2, 0) is 11.8 Å². The molecule has 0 spiro atoms. The van der Waals surface area contributed by atoms with Crippen molar-refractivity contribution in [3.8, 4) is 5.75 Å². The van der Waals surface area contributed by atoms with Gasteiger partial charge in [0.1, 0.15) is 12.4 Å². The van der Waals surface area contributed by atoms with E-state index in [-0.39, 0.29) is 0 Å². The molecule has 0 atom stereocenters. The predicted molar refractivity (Wildman–Crippen MR) is 121 cm³/mol. The van der Waals surface area contributed by atoms with Crippen molar-refractivity contribution in [2.24, 2.45) is 11.8 Å². The van der Waals surface area contributed by atoms with Crippen molar-refractivity contribution >= 4 is 0 Å². The molecule has 2 fully saturated rings. The smallest absolute Gasteiger partial charge is 0.123 e. The largest absolute Gasteiger partial charge is 0.489 e. The van der Waals surface area contributed by atoms with Crippen molar-refractivity contribution in [1.29, 1.82) is 0 Å². The highest BCUT2D eigenvalue weighted by atomic mass is 16.5. The van der Waals surface area contributed by atoms with Gasteiger partial charge >= 0.3 is 0 Å². The molecule has 0 radical (unpaired) electrons. The zero-order valence-electron chi connectivity index (χ0n) is 18.1. The van der Waals surface area contributed by atoms with Crippen LogP contribution in [0.3, 0.4) is 0 Å². The average Bonchev–Trinajstić information content (AvgIpc) is 2.74. The van der Waals surface area contributed by atoms with Crippen molar-refractivity contribution < 1.29 is 4.74 Å². The Labute approximate surface area is 173 Å². The predicted octanol–water partition coefficient (Wildman–Crippen LogP) is 7.79. The average molecular weight is 381 g/mol. The van der Waals surface area contributed by atoms with Crippen LogP contribution in [0.4, 0.5) is 0 Å². The van der Waals surface area contributed by atoms with Gasteiger partial charge in [-0.05, 0) is 66.5 Å². The first-order valence-electron chi connectivity index (χ1n) is 11.7. The molecule has 3 rings (SSSR count). The van der Waals surface area contributed by atoms with Gasteiger partial charge in [-0.1, -0.05) is 82.7 Å². The zero-order valence-corrected chi connectivity index (χ0v) is 18.1. The fourth-order valence-electron chi connectivity index (χ4n) is 6.02. The van der Waals surface area contributed by atoms with E-state index in [1.165, 1.54) is 76.2 Å². The minimum atomic E-state index is 0.391. The third-order valence-corrected chi connectivity index (χ3v) is 7.43. The van der Waals surface area contributed by atoms with E-state index in [2.05, 4.69) is 38.3 Å². The van der Waals surface area contributed by atoms with Crippen molar-refractivity contribution in [2.75, 3.05) is 6.61 Å². The Morgan fingerprint density at radius 3 is 2.43 bits per heavy atom. The molecule has 0 amide bonds. The van der Waals surface area contributed by atoms with E-state index < -0.39 is 0 Å². The SMILES string of the molecule is C=CCOc1ccc(C2(C3CCC(CCC)CC3)CCCCC2)cc1CC=C. The number of ether oxygens (including phenoxy) is 1. The highest BCUT2D eigenvalue weighted by Gasteiger charge is 2.42. The van der Waals surface area contributed by atoms with Crippen LogP contribution in [-0.4, -0.2) is 6.61 Å². The zero-order chi connectivity index (χ0) is 19.8. The van der Waals surface area contributed by atoms with Gasteiger partial charge in [0.2, 0.25) is 0 Å². The quantitative estimate of drug-likeness (QED) is 0.397. The fourth-order valence-corrected chi connectivity index (χ4v) is 6.02. The van der Waals surface area contributed by atoms with Gasteiger partial charge in [0, 0.05) is 0 Å². The number of hydrogen-bond acceptors (Lipinski definition) is 1. The highest BCUT2D eigenvalue weighted by molar-refractivity contribution is 5.42. The maximum Gasteiger partial charge on any atom is 0.123 e. The summed E-state index contributed by atoms with van der Waals surface area (Å²) in [5.41, 5.74) is 3.26. The molecule has 0 heterocycles. The number of rotatable bonds is 9. The first kappa shape index (κ1) is 21.2. The van der Waals surface area contributed by atoms with Gasteiger partial charge in [-0.25, -0.2) is 0 Å². The fraction of sp³-hybridized carbons (Fsp3) is 0.630. The van der Waals surface area contributed by atoms with E-state index in [1.807, 2.05) is 12.2 Å². The van der Waals surface area contributed by atoms with E-state index in [4.69, 9.17) is 4.74 Å². The van der Waals surface area contributed by atoms with Gasteiger partial charge in [0.25, 0.3) is 0 Å². The Bertz CT molecular complexity index is 630. The summed E-state index contributed by atoms with van der Waals surface area (Å²) >= 11 is 0. The monoisotopic (exact) mass is 380 g/mol. The van der Waals surface area contributed by atoms with E-state index >= 15 is 0 Å². The lowest BCUT2D eigenvalue weighted by atomic mass is 9.57. The molecule has 0 aliphatic heterocycles. The summed E-state index contributed by atoms with van der Waals surface area (Å²) in [7, 11) is 0. The molecule has 1 aromatic rings. The van der Waals surface area contributed by atoms with Crippen LogP contribution in [0.25, 0.3) is 0 Å². The summed E-state index contributed by atoms with van der Waals surface area (Å²) in [6.45, 7) is 10.7. The first-order valence-corrected chi connectivity index (χ1v) is 11.7. The summed E-state index contributed by atoms with van der Waals surface area (Å²) in [6.07, 6.45) is 20.1. The third kappa shape index (κ3) is 4.73. The van der Waals surface area contributed by atoms with Crippen molar-refractivity contribution in [3.63, 3.8) is 0 Å². The second kappa shape index (κ2) is 10.3. The van der Waals surface area contributed by atoms with Crippen LogP contribution < -0.4 is 4.74 Å². The van der Waals surface area contributed by atoms with E-state index in [0.29, 0.717) is 12.0 Å². The van der Waals surface area contributed by atoms with Crippen LogP contribution in [0.2, 0.25) is 0 Å². The summed E-state index contributed by atoms with van der Waals surface area (Å²) in [6, 6.07) is 7.06. The van der Waals surface area contributed by atoms with Gasteiger partial charge < -0.3 is 4.74 Å². The van der Waals surface area contributed by atoms with Crippen LogP contribution in [0, 0.1) is 11.8 Å². The number of allylic oxidation sites excluding steroid dienone is 1. The van der Waals surface area contributed by atoms with Crippen molar-refractivity contribution in [1.82, 2.24) is 0 Å². The molecule has 0 N–H and O–H groups in total. The van der Waals surface area contributed by atoms with Crippen LogP contribution >= 0.6 is 0 Å². The Hall–Kier alpha value is -1.50. The maximum absolute atomic E-state index is 5.93. The summed E-state index contributed by atoms with van der Waals surface area (Å²) in [5.74, 6) is 2.84. The molecule has 28 heavy (non-hydrogen) atoms. The molecule has 154 valence electrons. The van der Waals surface area contributed by atoms with E-state index in [9.17, 15) is 0 Å². The summed E-state index contributed by atoms with van der Waals surface area (Å²) in [5, 5.41) is 0. The van der Waals surface area contributed by atoms with Gasteiger partial charge in [-0.15, -0.1) is 6.58 Å². The molecule has 0 unspecified atom stereocenters. The second-order valence-electron chi connectivity index (χ2n) is 9.14.